The van der Waals surface area contributed by atoms with E-state index in [0.29, 0.717) is 11.6 Å². The van der Waals surface area contributed by atoms with E-state index >= 15 is 0 Å². The van der Waals surface area contributed by atoms with Crippen LogP contribution < -0.4 is 0 Å². The molecular formula is C15H21ClN2O2. The Balaban J connectivity index is 1.93. The summed E-state index contributed by atoms with van der Waals surface area (Å²) in [5, 5.41) is 10.9. The van der Waals surface area contributed by atoms with Gasteiger partial charge in [-0.1, -0.05) is 29.8 Å². The van der Waals surface area contributed by atoms with Gasteiger partial charge in [0.25, 0.3) is 0 Å². The highest BCUT2D eigenvalue weighted by molar-refractivity contribution is 6.31. The zero-order valence-corrected chi connectivity index (χ0v) is 12.5. The van der Waals surface area contributed by atoms with Crippen molar-refractivity contribution in [3.63, 3.8) is 0 Å². The van der Waals surface area contributed by atoms with Gasteiger partial charge in [-0.15, -0.1) is 0 Å². The van der Waals surface area contributed by atoms with Crippen molar-refractivity contribution < 1.29 is 9.90 Å². The second-order valence-corrected chi connectivity index (χ2v) is 5.60. The summed E-state index contributed by atoms with van der Waals surface area (Å²) in [7, 11) is 0. The number of aliphatic hydroxyl groups is 1. The van der Waals surface area contributed by atoms with Crippen LogP contribution >= 0.6 is 11.6 Å². The van der Waals surface area contributed by atoms with Crippen LogP contribution in [0.1, 0.15) is 25.0 Å². The lowest BCUT2D eigenvalue weighted by Gasteiger charge is -2.24. The maximum Gasteiger partial charge on any atom is 0.219 e. The zero-order valence-electron chi connectivity index (χ0n) is 11.8. The van der Waals surface area contributed by atoms with Crippen LogP contribution in [0.2, 0.25) is 5.02 Å². The number of hydrogen-bond donors (Lipinski definition) is 1. The zero-order chi connectivity index (χ0) is 14.5. The highest BCUT2D eigenvalue weighted by Gasteiger charge is 2.20. The van der Waals surface area contributed by atoms with E-state index < -0.39 is 6.10 Å². The van der Waals surface area contributed by atoms with E-state index in [4.69, 9.17) is 11.6 Å². The van der Waals surface area contributed by atoms with Gasteiger partial charge in [-0.25, -0.2) is 0 Å². The molecule has 0 bridgehead atoms. The van der Waals surface area contributed by atoms with Gasteiger partial charge in [-0.3, -0.25) is 9.69 Å². The largest absolute Gasteiger partial charge is 0.387 e. The number of amides is 1. The van der Waals surface area contributed by atoms with Crippen molar-refractivity contribution in [2.24, 2.45) is 0 Å². The van der Waals surface area contributed by atoms with Gasteiger partial charge in [0.05, 0.1) is 6.10 Å². The molecule has 4 nitrogen and oxygen atoms in total. The van der Waals surface area contributed by atoms with Crippen molar-refractivity contribution >= 4 is 17.5 Å². The molecule has 0 radical (unpaired) electrons. The highest BCUT2D eigenvalue weighted by atomic mass is 35.5. The van der Waals surface area contributed by atoms with Gasteiger partial charge in [0.15, 0.2) is 0 Å². The summed E-state index contributed by atoms with van der Waals surface area (Å²) in [4.78, 5) is 15.4. The quantitative estimate of drug-likeness (QED) is 0.927. The van der Waals surface area contributed by atoms with E-state index in [1.54, 1.807) is 13.0 Å². The summed E-state index contributed by atoms with van der Waals surface area (Å²) in [6.07, 6.45) is 0.349. The SMILES string of the molecule is CC(=O)N1CCCN(C[C@@H](O)c2ccccc2Cl)CC1. The van der Waals surface area contributed by atoms with Gasteiger partial charge in [0.1, 0.15) is 0 Å². The second kappa shape index (κ2) is 7.07. The Morgan fingerprint density at radius 3 is 2.75 bits per heavy atom. The molecule has 1 amide bonds. The number of carbonyl (C=O) groups excluding carboxylic acids is 1. The van der Waals surface area contributed by atoms with E-state index in [2.05, 4.69) is 4.90 Å². The van der Waals surface area contributed by atoms with Gasteiger partial charge < -0.3 is 10.0 Å². The lowest BCUT2D eigenvalue weighted by molar-refractivity contribution is -0.128. The number of halogens is 1. The van der Waals surface area contributed by atoms with E-state index in [0.717, 1.165) is 38.2 Å². The minimum absolute atomic E-state index is 0.124. The van der Waals surface area contributed by atoms with Crippen LogP contribution in [0.4, 0.5) is 0 Å². The van der Waals surface area contributed by atoms with Crippen molar-refractivity contribution in [1.82, 2.24) is 9.80 Å². The predicted molar refractivity (Wildman–Crippen MR) is 79.7 cm³/mol. The molecule has 1 aromatic rings. The smallest absolute Gasteiger partial charge is 0.219 e. The Hall–Kier alpha value is -1.10. The van der Waals surface area contributed by atoms with Crippen LogP contribution in [0.5, 0.6) is 0 Å². The van der Waals surface area contributed by atoms with Crippen LogP contribution in [0.3, 0.4) is 0 Å². The molecule has 1 atom stereocenters. The highest BCUT2D eigenvalue weighted by Crippen LogP contribution is 2.23. The standard InChI is InChI=1S/C15H21ClN2O2/c1-12(19)18-8-4-7-17(9-10-18)11-15(20)13-5-2-3-6-14(13)16/h2-3,5-6,15,20H,4,7-11H2,1H3/t15-/m1/s1. The molecule has 1 aromatic carbocycles. The van der Waals surface area contributed by atoms with Gasteiger partial charge in [0.2, 0.25) is 5.91 Å². The lowest BCUT2D eigenvalue weighted by Crippen LogP contribution is -2.35. The molecule has 1 N–H and O–H groups in total. The Morgan fingerprint density at radius 1 is 1.30 bits per heavy atom. The van der Waals surface area contributed by atoms with Crippen LogP contribution in [0, 0.1) is 0 Å². The number of rotatable bonds is 3. The number of hydrogen-bond acceptors (Lipinski definition) is 3. The predicted octanol–water partition coefficient (Wildman–Crippen LogP) is 1.93. The molecular weight excluding hydrogens is 276 g/mol. The second-order valence-electron chi connectivity index (χ2n) is 5.20. The number of carbonyl (C=O) groups is 1. The van der Waals surface area contributed by atoms with Gasteiger partial charge in [-0.2, -0.15) is 0 Å². The normalized spacial score (nSPS) is 18.6. The molecule has 0 saturated carbocycles. The van der Waals surface area contributed by atoms with Crippen molar-refractivity contribution in [1.29, 1.82) is 0 Å². The monoisotopic (exact) mass is 296 g/mol. The van der Waals surface area contributed by atoms with Crippen molar-refractivity contribution in [3.8, 4) is 0 Å². The molecule has 1 fully saturated rings. The van der Waals surface area contributed by atoms with Gasteiger partial charge in [-0.05, 0) is 12.5 Å². The first-order valence-corrected chi connectivity index (χ1v) is 7.36. The fourth-order valence-corrected chi connectivity index (χ4v) is 2.82. The minimum Gasteiger partial charge on any atom is -0.387 e. The summed E-state index contributed by atoms with van der Waals surface area (Å²) in [6, 6.07) is 7.38. The third-order valence-electron chi connectivity index (χ3n) is 3.73. The number of nitrogens with zero attached hydrogens (tertiary/aromatic N) is 2. The van der Waals surface area contributed by atoms with Crippen molar-refractivity contribution in [3.05, 3.63) is 34.9 Å². The van der Waals surface area contributed by atoms with Crippen LogP contribution in [0.15, 0.2) is 24.3 Å². The maximum absolute atomic E-state index is 11.4. The minimum atomic E-state index is -0.590. The molecule has 20 heavy (non-hydrogen) atoms. The first kappa shape index (κ1) is 15.3. The average Bonchev–Trinajstić information content (AvgIpc) is 2.65. The molecule has 0 spiro atoms. The molecule has 1 aliphatic rings. The number of benzene rings is 1. The van der Waals surface area contributed by atoms with Crippen molar-refractivity contribution in [2.45, 2.75) is 19.4 Å². The first-order chi connectivity index (χ1) is 9.58. The van der Waals surface area contributed by atoms with E-state index in [9.17, 15) is 9.90 Å². The molecule has 2 rings (SSSR count). The fraction of sp³-hybridized carbons (Fsp3) is 0.533. The number of aliphatic hydroxyl groups excluding tert-OH is 1. The molecule has 1 heterocycles. The molecule has 1 saturated heterocycles. The number of β-amino-alcohol motifs (C(OH)–C–C–N with tert-alkyl or cyclic N) is 1. The average molecular weight is 297 g/mol. The molecule has 1 aliphatic heterocycles. The molecule has 0 aromatic heterocycles. The molecule has 5 heteroatoms. The maximum atomic E-state index is 11.4. The summed E-state index contributed by atoms with van der Waals surface area (Å²) in [5.74, 6) is 0.124. The topological polar surface area (TPSA) is 43.8 Å². The van der Waals surface area contributed by atoms with E-state index in [1.165, 1.54) is 0 Å². The Labute approximate surface area is 124 Å². The summed E-state index contributed by atoms with van der Waals surface area (Å²) in [6.45, 7) is 5.37. The third kappa shape index (κ3) is 3.95. The third-order valence-corrected chi connectivity index (χ3v) is 4.07. The Morgan fingerprint density at radius 2 is 2.05 bits per heavy atom. The van der Waals surface area contributed by atoms with E-state index in [1.807, 2.05) is 23.1 Å². The summed E-state index contributed by atoms with van der Waals surface area (Å²) in [5.41, 5.74) is 0.766. The molecule has 0 aliphatic carbocycles. The lowest BCUT2D eigenvalue weighted by atomic mass is 10.1. The van der Waals surface area contributed by atoms with Gasteiger partial charge in [0, 0.05) is 50.2 Å². The molecule has 0 unspecified atom stereocenters. The van der Waals surface area contributed by atoms with Gasteiger partial charge >= 0.3 is 0 Å². The molecule has 110 valence electrons. The van der Waals surface area contributed by atoms with Crippen molar-refractivity contribution in [2.75, 3.05) is 32.7 Å². The Kier molecular flexibility index (Phi) is 5.40. The summed E-state index contributed by atoms with van der Waals surface area (Å²) >= 11 is 6.10. The van der Waals surface area contributed by atoms with Crippen LogP contribution in [-0.4, -0.2) is 53.5 Å². The van der Waals surface area contributed by atoms with Crippen LogP contribution in [-0.2, 0) is 4.79 Å². The Bertz CT molecular complexity index is 467. The van der Waals surface area contributed by atoms with Crippen LogP contribution in [0.25, 0.3) is 0 Å². The summed E-state index contributed by atoms with van der Waals surface area (Å²) < 4.78 is 0. The first-order valence-electron chi connectivity index (χ1n) is 6.98. The fourth-order valence-electron chi connectivity index (χ4n) is 2.56. The van der Waals surface area contributed by atoms with E-state index in [-0.39, 0.29) is 5.91 Å².